The van der Waals surface area contributed by atoms with Gasteiger partial charge in [-0.15, -0.1) is 0 Å². The molecule has 5 nitrogen and oxygen atoms in total. The Kier molecular flexibility index (Phi) is 7.79. The highest BCUT2D eigenvalue weighted by molar-refractivity contribution is 5.94. The highest BCUT2D eigenvalue weighted by atomic mass is 19.1. The van der Waals surface area contributed by atoms with E-state index >= 15 is 0 Å². The van der Waals surface area contributed by atoms with Crippen molar-refractivity contribution in [1.82, 2.24) is 10.2 Å². The lowest BCUT2D eigenvalue weighted by Crippen LogP contribution is -2.29. The van der Waals surface area contributed by atoms with Crippen LogP contribution in [-0.2, 0) is 11.3 Å². The van der Waals surface area contributed by atoms with Crippen LogP contribution in [0.15, 0.2) is 48.5 Å². The summed E-state index contributed by atoms with van der Waals surface area (Å²) < 4.78 is 18.4. The SMILES string of the molecule is CCOc1ccccc1CN(C)C(=O)CCCNC(=O)c1ccc(F)cc1. The normalized spacial score (nSPS) is 10.3. The summed E-state index contributed by atoms with van der Waals surface area (Å²) in [4.78, 5) is 25.9. The van der Waals surface area contributed by atoms with Gasteiger partial charge in [0.15, 0.2) is 0 Å². The molecule has 6 heteroatoms. The van der Waals surface area contributed by atoms with Gasteiger partial charge < -0.3 is 15.0 Å². The maximum atomic E-state index is 12.9. The fraction of sp³-hybridized carbons (Fsp3) is 0.333. The van der Waals surface area contributed by atoms with Gasteiger partial charge in [0.25, 0.3) is 5.91 Å². The van der Waals surface area contributed by atoms with Crippen molar-refractivity contribution in [2.45, 2.75) is 26.3 Å². The van der Waals surface area contributed by atoms with E-state index in [1.807, 2.05) is 31.2 Å². The van der Waals surface area contributed by atoms with Crippen molar-refractivity contribution in [2.24, 2.45) is 0 Å². The first kappa shape index (κ1) is 20.4. The summed E-state index contributed by atoms with van der Waals surface area (Å²) >= 11 is 0. The number of hydrogen-bond donors (Lipinski definition) is 1. The topological polar surface area (TPSA) is 58.6 Å². The summed E-state index contributed by atoms with van der Waals surface area (Å²) in [5.41, 5.74) is 1.35. The molecular weight excluding hydrogens is 347 g/mol. The van der Waals surface area contributed by atoms with Gasteiger partial charge in [-0.1, -0.05) is 18.2 Å². The summed E-state index contributed by atoms with van der Waals surface area (Å²) in [5, 5.41) is 2.74. The number of halogens is 1. The van der Waals surface area contributed by atoms with Crippen LogP contribution < -0.4 is 10.1 Å². The lowest BCUT2D eigenvalue weighted by molar-refractivity contribution is -0.130. The molecule has 0 fully saturated rings. The third-order valence-electron chi connectivity index (χ3n) is 4.07. The third-order valence-corrected chi connectivity index (χ3v) is 4.07. The maximum absolute atomic E-state index is 12.9. The highest BCUT2D eigenvalue weighted by Gasteiger charge is 2.12. The van der Waals surface area contributed by atoms with Crippen molar-refractivity contribution >= 4 is 11.8 Å². The van der Waals surface area contributed by atoms with Gasteiger partial charge in [-0.3, -0.25) is 9.59 Å². The Balaban J connectivity index is 1.75. The number of nitrogens with one attached hydrogen (secondary N) is 1. The van der Waals surface area contributed by atoms with E-state index in [-0.39, 0.29) is 17.6 Å². The zero-order chi connectivity index (χ0) is 19.6. The Bertz CT molecular complexity index is 762. The molecule has 0 aliphatic carbocycles. The zero-order valence-corrected chi connectivity index (χ0v) is 15.7. The van der Waals surface area contributed by atoms with Gasteiger partial charge in [0, 0.05) is 37.7 Å². The van der Waals surface area contributed by atoms with Crippen molar-refractivity contribution < 1.29 is 18.7 Å². The second-order valence-corrected chi connectivity index (χ2v) is 6.16. The lowest BCUT2D eigenvalue weighted by atomic mass is 10.1. The van der Waals surface area contributed by atoms with Crippen molar-refractivity contribution in [2.75, 3.05) is 20.2 Å². The average molecular weight is 372 g/mol. The molecule has 0 heterocycles. The number of benzene rings is 2. The molecule has 1 N–H and O–H groups in total. The van der Waals surface area contributed by atoms with E-state index in [2.05, 4.69) is 5.32 Å². The van der Waals surface area contributed by atoms with E-state index in [1.54, 1.807) is 11.9 Å². The van der Waals surface area contributed by atoms with Crippen molar-refractivity contribution in [3.05, 3.63) is 65.5 Å². The van der Waals surface area contributed by atoms with E-state index in [9.17, 15) is 14.0 Å². The molecule has 0 radical (unpaired) electrons. The molecule has 0 saturated carbocycles. The number of ether oxygens (including phenoxy) is 1. The summed E-state index contributed by atoms with van der Waals surface area (Å²) in [5.74, 6) is 0.121. The minimum atomic E-state index is -0.383. The van der Waals surface area contributed by atoms with Crippen LogP contribution in [0.4, 0.5) is 4.39 Å². The Hall–Kier alpha value is -2.89. The first-order valence-corrected chi connectivity index (χ1v) is 8.99. The second kappa shape index (κ2) is 10.3. The van der Waals surface area contributed by atoms with Gasteiger partial charge in [-0.05, 0) is 43.7 Å². The predicted molar refractivity (Wildman–Crippen MR) is 102 cm³/mol. The summed E-state index contributed by atoms with van der Waals surface area (Å²) in [6.07, 6.45) is 0.861. The Morgan fingerprint density at radius 3 is 2.52 bits per heavy atom. The van der Waals surface area contributed by atoms with Crippen molar-refractivity contribution in [3.8, 4) is 5.75 Å². The molecule has 2 rings (SSSR count). The number of hydrogen-bond acceptors (Lipinski definition) is 3. The predicted octanol–water partition coefficient (Wildman–Crippen LogP) is 3.39. The van der Waals surface area contributed by atoms with Crippen LogP contribution in [0.1, 0.15) is 35.7 Å². The molecule has 0 unspecified atom stereocenters. The molecule has 144 valence electrons. The number of carbonyl (C=O) groups excluding carboxylic acids is 2. The largest absolute Gasteiger partial charge is 0.494 e. The first-order chi connectivity index (χ1) is 13.0. The minimum absolute atomic E-state index is 0.00247. The Morgan fingerprint density at radius 1 is 1.11 bits per heavy atom. The number of rotatable bonds is 9. The van der Waals surface area contributed by atoms with Crippen LogP contribution >= 0.6 is 0 Å². The molecular formula is C21H25FN2O3. The molecule has 0 aromatic heterocycles. The number of carbonyl (C=O) groups is 2. The van der Waals surface area contributed by atoms with Crippen LogP contribution in [0.3, 0.4) is 0 Å². The van der Waals surface area contributed by atoms with Gasteiger partial charge in [0.1, 0.15) is 11.6 Å². The van der Waals surface area contributed by atoms with E-state index < -0.39 is 0 Å². The van der Waals surface area contributed by atoms with Gasteiger partial charge in [0.05, 0.1) is 6.61 Å². The van der Waals surface area contributed by atoms with Crippen LogP contribution in [0.5, 0.6) is 5.75 Å². The fourth-order valence-electron chi connectivity index (χ4n) is 2.61. The van der Waals surface area contributed by atoms with E-state index in [4.69, 9.17) is 4.74 Å². The van der Waals surface area contributed by atoms with Crippen LogP contribution in [-0.4, -0.2) is 36.9 Å². The molecule has 2 aromatic carbocycles. The standard InChI is InChI=1S/C21H25FN2O3/c1-3-27-19-8-5-4-7-17(19)15-24(2)20(25)9-6-14-23-21(26)16-10-12-18(22)13-11-16/h4-5,7-8,10-13H,3,6,9,14-15H2,1-2H3,(H,23,26). The number of amides is 2. The van der Waals surface area contributed by atoms with Crippen LogP contribution in [0, 0.1) is 5.82 Å². The lowest BCUT2D eigenvalue weighted by Gasteiger charge is -2.19. The fourth-order valence-corrected chi connectivity index (χ4v) is 2.61. The molecule has 0 aliphatic heterocycles. The first-order valence-electron chi connectivity index (χ1n) is 8.99. The van der Waals surface area contributed by atoms with Gasteiger partial charge in [-0.25, -0.2) is 4.39 Å². The van der Waals surface area contributed by atoms with Gasteiger partial charge in [-0.2, -0.15) is 0 Å². The van der Waals surface area contributed by atoms with Crippen molar-refractivity contribution in [3.63, 3.8) is 0 Å². The summed E-state index contributed by atoms with van der Waals surface area (Å²) in [6.45, 7) is 3.34. The monoisotopic (exact) mass is 372 g/mol. The van der Waals surface area contributed by atoms with Crippen LogP contribution in [0.25, 0.3) is 0 Å². The summed E-state index contributed by atoms with van der Waals surface area (Å²) in [7, 11) is 1.75. The highest BCUT2D eigenvalue weighted by Crippen LogP contribution is 2.19. The van der Waals surface area contributed by atoms with Gasteiger partial charge in [0.2, 0.25) is 5.91 Å². The molecule has 0 spiro atoms. The van der Waals surface area contributed by atoms with E-state index in [1.165, 1.54) is 24.3 Å². The average Bonchev–Trinajstić information content (AvgIpc) is 2.67. The van der Waals surface area contributed by atoms with Crippen molar-refractivity contribution in [1.29, 1.82) is 0 Å². The molecule has 0 aliphatic rings. The Morgan fingerprint density at radius 2 is 1.81 bits per heavy atom. The Labute approximate surface area is 159 Å². The second-order valence-electron chi connectivity index (χ2n) is 6.16. The molecule has 2 amide bonds. The number of para-hydroxylation sites is 1. The molecule has 0 saturated heterocycles. The van der Waals surface area contributed by atoms with E-state index in [0.29, 0.717) is 38.1 Å². The maximum Gasteiger partial charge on any atom is 0.251 e. The summed E-state index contributed by atoms with van der Waals surface area (Å²) in [6, 6.07) is 13.0. The quantitative estimate of drug-likeness (QED) is 0.687. The van der Waals surface area contributed by atoms with Gasteiger partial charge >= 0.3 is 0 Å². The minimum Gasteiger partial charge on any atom is -0.494 e. The third kappa shape index (κ3) is 6.40. The number of nitrogens with zero attached hydrogens (tertiary/aromatic N) is 1. The molecule has 0 bridgehead atoms. The van der Waals surface area contributed by atoms with E-state index in [0.717, 1.165) is 11.3 Å². The smallest absolute Gasteiger partial charge is 0.251 e. The zero-order valence-electron chi connectivity index (χ0n) is 15.7. The molecule has 0 atom stereocenters. The molecule has 27 heavy (non-hydrogen) atoms. The molecule has 2 aromatic rings. The van der Waals surface area contributed by atoms with Crippen LogP contribution in [0.2, 0.25) is 0 Å².